The van der Waals surface area contributed by atoms with Crippen LogP contribution in [0.15, 0.2) is 17.5 Å². The van der Waals surface area contributed by atoms with Gasteiger partial charge in [-0.15, -0.1) is 16.4 Å². The first-order chi connectivity index (χ1) is 9.75. The summed E-state index contributed by atoms with van der Waals surface area (Å²) in [4.78, 5) is 3.62. The Kier molecular flexibility index (Phi) is 4.09. The largest absolute Gasteiger partial charge is 0.308 e. The molecule has 2 heterocycles. The van der Waals surface area contributed by atoms with E-state index in [9.17, 15) is 0 Å². The smallest absolute Gasteiger partial charge is 0.165 e. The van der Waals surface area contributed by atoms with Crippen molar-refractivity contribution in [2.45, 2.75) is 31.5 Å². The van der Waals surface area contributed by atoms with Crippen LogP contribution in [0.4, 0.5) is 0 Å². The first-order valence-corrected chi connectivity index (χ1v) is 7.81. The van der Waals surface area contributed by atoms with Crippen molar-refractivity contribution in [1.82, 2.24) is 30.4 Å². The quantitative estimate of drug-likeness (QED) is 0.837. The highest BCUT2D eigenvalue weighted by Crippen LogP contribution is 2.34. The zero-order chi connectivity index (χ0) is 13.9. The summed E-state index contributed by atoms with van der Waals surface area (Å²) in [6.07, 6.45) is 2.40. The average Bonchev–Trinajstić information content (AvgIpc) is 2.94. The van der Waals surface area contributed by atoms with E-state index in [0.717, 1.165) is 18.9 Å². The summed E-state index contributed by atoms with van der Waals surface area (Å²) in [5, 5.41) is 17.6. The van der Waals surface area contributed by atoms with Gasteiger partial charge in [-0.1, -0.05) is 6.07 Å². The Hall–Kier alpha value is -1.31. The van der Waals surface area contributed by atoms with Crippen LogP contribution in [0.25, 0.3) is 0 Å². The van der Waals surface area contributed by atoms with Crippen molar-refractivity contribution in [3.63, 3.8) is 0 Å². The van der Waals surface area contributed by atoms with E-state index >= 15 is 0 Å². The third-order valence-corrected chi connectivity index (χ3v) is 4.54. The van der Waals surface area contributed by atoms with Crippen LogP contribution in [0.5, 0.6) is 0 Å². The second kappa shape index (κ2) is 5.99. The number of hydrogen-bond donors (Lipinski definition) is 1. The van der Waals surface area contributed by atoms with Crippen molar-refractivity contribution >= 4 is 11.3 Å². The van der Waals surface area contributed by atoms with Crippen molar-refractivity contribution in [2.24, 2.45) is 0 Å². The summed E-state index contributed by atoms with van der Waals surface area (Å²) in [5.74, 6) is 0.941. The maximum absolute atomic E-state index is 4.11. The molecule has 1 atom stereocenters. The fourth-order valence-electron chi connectivity index (χ4n) is 2.27. The zero-order valence-electron chi connectivity index (χ0n) is 11.9. The van der Waals surface area contributed by atoms with E-state index < -0.39 is 0 Å². The molecule has 0 spiro atoms. The van der Waals surface area contributed by atoms with Gasteiger partial charge in [0.1, 0.15) is 0 Å². The van der Waals surface area contributed by atoms with Gasteiger partial charge in [0.2, 0.25) is 0 Å². The highest BCUT2D eigenvalue weighted by atomic mass is 32.1. The molecule has 1 aliphatic rings. The number of thiophene rings is 1. The van der Waals surface area contributed by atoms with Crippen molar-refractivity contribution < 1.29 is 0 Å². The second-order valence-electron chi connectivity index (χ2n) is 5.40. The number of likely N-dealkylation sites (N-methyl/N-ethyl adjacent to an activating group) is 1. The first kappa shape index (κ1) is 13.7. The van der Waals surface area contributed by atoms with E-state index in [0.29, 0.717) is 12.1 Å². The predicted octanol–water partition coefficient (Wildman–Crippen LogP) is 1.46. The summed E-state index contributed by atoms with van der Waals surface area (Å²) < 4.78 is 1.96. The molecule has 0 bridgehead atoms. The minimum absolute atomic E-state index is 0.389. The van der Waals surface area contributed by atoms with Crippen LogP contribution < -0.4 is 5.32 Å². The van der Waals surface area contributed by atoms with E-state index in [-0.39, 0.29) is 0 Å². The molecule has 1 saturated carbocycles. The molecule has 2 aromatic rings. The van der Waals surface area contributed by atoms with E-state index in [1.54, 1.807) is 11.3 Å². The number of hydrogen-bond acceptors (Lipinski definition) is 6. The molecule has 20 heavy (non-hydrogen) atoms. The van der Waals surface area contributed by atoms with Crippen molar-refractivity contribution in [2.75, 3.05) is 20.6 Å². The highest BCUT2D eigenvalue weighted by molar-refractivity contribution is 7.10. The van der Waals surface area contributed by atoms with Crippen molar-refractivity contribution in [1.29, 1.82) is 0 Å². The molecule has 1 N–H and O–H groups in total. The minimum Gasteiger partial charge on any atom is -0.308 e. The lowest BCUT2D eigenvalue weighted by atomic mass is 10.2. The monoisotopic (exact) mass is 292 g/mol. The van der Waals surface area contributed by atoms with Gasteiger partial charge in [-0.2, -0.15) is 0 Å². The molecule has 0 aliphatic heterocycles. The third kappa shape index (κ3) is 3.05. The van der Waals surface area contributed by atoms with Crippen LogP contribution >= 0.6 is 11.3 Å². The third-order valence-electron chi connectivity index (χ3n) is 3.57. The number of rotatable bonds is 7. The Bertz CT molecular complexity index is 531. The Balaban J connectivity index is 1.56. The lowest BCUT2D eigenvalue weighted by Crippen LogP contribution is -2.31. The summed E-state index contributed by atoms with van der Waals surface area (Å²) in [6.45, 7) is 1.62. The van der Waals surface area contributed by atoms with E-state index in [1.165, 1.54) is 17.7 Å². The van der Waals surface area contributed by atoms with Gasteiger partial charge < -0.3 is 10.2 Å². The standard InChI is InChI=1S/C13H20N6S/c1-18(2)11(12-4-3-7-20-12)8-14-9-13-15-16-17-19(13)10-5-6-10/h3-4,7,10-11,14H,5-6,8-9H2,1-2H3/t11-/m0/s1. The van der Waals surface area contributed by atoms with Gasteiger partial charge >= 0.3 is 0 Å². The fourth-order valence-corrected chi connectivity index (χ4v) is 3.19. The zero-order valence-corrected chi connectivity index (χ0v) is 12.7. The Morgan fingerprint density at radius 1 is 1.50 bits per heavy atom. The molecule has 3 rings (SSSR count). The van der Waals surface area contributed by atoms with E-state index in [4.69, 9.17) is 0 Å². The van der Waals surface area contributed by atoms with Crippen molar-refractivity contribution in [3.8, 4) is 0 Å². The Labute approximate surface area is 122 Å². The van der Waals surface area contributed by atoms with Crippen molar-refractivity contribution in [3.05, 3.63) is 28.2 Å². The van der Waals surface area contributed by atoms with Crippen LogP contribution in [-0.4, -0.2) is 45.7 Å². The number of nitrogens with zero attached hydrogens (tertiary/aromatic N) is 5. The van der Waals surface area contributed by atoms with Gasteiger partial charge in [-0.3, -0.25) is 0 Å². The highest BCUT2D eigenvalue weighted by Gasteiger charge is 2.27. The van der Waals surface area contributed by atoms with Gasteiger partial charge in [0.15, 0.2) is 5.82 Å². The minimum atomic E-state index is 0.389. The van der Waals surface area contributed by atoms with Gasteiger partial charge in [0, 0.05) is 11.4 Å². The lowest BCUT2D eigenvalue weighted by Gasteiger charge is -2.23. The topological polar surface area (TPSA) is 58.9 Å². The Morgan fingerprint density at radius 2 is 2.35 bits per heavy atom. The normalized spacial score (nSPS) is 16.8. The molecule has 1 aliphatic carbocycles. The SMILES string of the molecule is CN(C)[C@@H](CNCc1nnnn1C1CC1)c1cccs1. The maximum atomic E-state index is 4.11. The number of aromatic nitrogens is 4. The van der Waals surface area contributed by atoms with Crippen LogP contribution in [0.1, 0.15) is 35.6 Å². The number of nitrogens with one attached hydrogen (secondary N) is 1. The first-order valence-electron chi connectivity index (χ1n) is 6.93. The molecular formula is C13H20N6S. The maximum Gasteiger partial charge on any atom is 0.165 e. The van der Waals surface area contributed by atoms with Gasteiger partial charge in [0.25, 0.3) is 0 Å². The number of tetrazole rings is 1. The summed E-state index contributed by atoms with van der Waals surface area (Å²) in [7, 11) is 4.22. The fraction of sp³-hybridized carbons (Fsp3) is 0.615. The second-order valence-corrected chi connectivity index (χ2v) is 6.38. The molecule has 0 saturated heterocycles. The molecule has 0 radical (unpaired) electrons. The lowest BCUT2D eigenvalue weighted by molar-refractivity contribution is 0.291. The summed E-state index contributed by atoms with van der Waals surface area (Å²) in [6, 6.07) is 5.21. The van der Waals surface area contributed by atoms with E-state index in [1.807, 2.05) is 4.68 Å². The molecule has 0 aromatic carbocycles. The molecule has 0 amide bonds. The van der Waals surface area contributed by atoms with Crippen LogP contribution in [0.2, 0.25) is 0 Å². The van der Waals surface area contributed by atoms with Crippen LogP contribution in [0, 0.1) is 0 Å². The van der Waals surface area contributed by atoms with Gasteiger partial charge in [-0.05, 0) is 48.8 Å². The molecule has 7 heteroatoms. The molecule has 6 nitrogen and oxygen atoms in total. The molecule has 0 unspecified atom stereocenters. The molecule has 108 valence electrons. The summed E-state index contributed by atoms with van der Waals surface area (Å²) >= 11 is 1.80. The molecule has 1 fully saturated rings. The van der Waals surface area contributed by atoms with Gasteiger partial charge in [0.05, 0.1) is 18.6 Å². The average molecular weight is 292 g/mol. The van der Waals surface area contributed by atoms with Gasteiger partial charge in [-0.25, -0.2) is 4.68 Å². The van der Waals surface area contributed by atoms with Crippen LogP contribution in [0.3, 0.4) is 0 Å². The van der Waals surface area contributed by atoms with E-state index in [2.05, 4.69) is 57.4 Å². The summed E-state index contributed by atoms with van der Waals surface area (Å²) in [5.41, 5.74) is 0. The molecule has 2 aromatic heterocycles. The predicted molar refractivity (Wildman–Crippen MR) is 78.5 cm³/mol. The Morgan fingerprint density at radius 3 is 3.00 bits per heavy atom. The molecular weight excluding hydrogens is 272 g/mol. The van der Waals surface area contributed by atoms with Crippen LogP contribution in [-0.2, 0) is 6.54 Å².